The first-order chi connectivity index (χ1) is 19.0. The average molecular weight is 526 g/mol. The number of ether oxygens (including phenoxy) is 3. The Morgan fingerprint density at radius 3 is 2.15 bits per heavy atom. The molecule has 204 valence electrons. The monoisotopic (exact) mass is 525 g/mol. The van der Waals surface area contributed by atoms with Gasteiger partial charge in [0.25, 0.3) is 0 Å². The predicted octanol–water partition coefficient (Wildman–Crippen LogP) is 6.82. The van der Waals surface area contributed by atoms with Crippen molar-refractivity contribution in [3.8, 4) is 16.9 Å². The molecule has 5 nitrogen and oxygen atoms in total. The topological polar surface area (TPSA) is 48.0 Å². The Balaban J connectivity index is 1.28. The van der Waals surface area contributed by atoms with E-state index in [1.807, 2.05) is 24.3 Å². The number of benzene rings is 3. The third-order valence-electron chi connectivity index (χ3n) is 10.0. The molecule has 1 aliphatic heterocycles. The van der Waals surface area contributed by atoms with E-state index in [2.05, 4.69) is 42.2 Å². The van der Waals surface area contributed by atoms with E-state index in [9.17, 15) is 4.79 Å². The number of nitrogens with zero attached hydrogens (tertiary/aromatic N) is 1. The molecule has 1 unspecified atom stereocenters. The van der Waals surface area contributed by atoms with Crippen LogP contribution in [0.1, 0.15) is 61.4 Å². The summed E-state index contributed by atoms with van der Waals surface area (Å²) in [5.74, 6) is 3.39. The van der Waals surface area contributed by atoms with E-state index in [1.165, 1.54) is 62.0 Å². The molecule has 0 amide bonds. The fourth-order valence-electron chi connectivity index (χ4n) is 8.52. The minimum Gasteiger partial charge on any atom is -0.475 e. The molecule has 0 aromatic heterocycles. The highest BCUT2D eigenvalue weighted by Crippen LogP contribution is 2.62. The Bertz CT molecular complexity index is 1340. The summed E-state index contributed by atoms with van der Waals surface area (Å²) < 4.78 is 17.3. The summed E-state index contributed by atoms with van der Waals surface area (Å²) in [6.07, 6.45) is 8.23. The lowest BCUT2D eigenvalue weighted by molar-refractivity contribution is -0.0405. The summed E-state index contributed by atoms with van der Waals surface area (Å²) in [6, 6.07) is 19.2. The number of morpholine rings is 1. The number of methoxy groups -OCH3 is 1. The second-order valence-electron chi connectivity index (χ2n) is 12.5. The maximum Gasteiger partial charge on any atom is 0.337 e. The van der Waals surface area contributed by atoms with Gasteiger partial charge in [0.1, 0.15) is 12.0 Å². The van der Waals surface area contributed by atoms with Crippen LogP contribution in [0.5, 0.6) is 5.75 Å². The van der Waals surface area contributed by atoms with Gasteiger partial charge >= 0.3 is 5.97 Å². The Morgan fingerprint density at radius 2 is 1.51 bits per heavy atom. The van der Waals surface area contributed by atoms with Crippen molar-refractivity contribution < 1.29 is 19.0 Å². The molecule has 0 radical (unpaired) electrons. The van der Waals surface area contributed by atoms with Gasteiger partial charge in [0.05, 0.1) is 25.9 Å². The van der Waals surface area contributed by atoms with Crippen molar-refractivity contribution in [1.82, 2.24) is 4.90 Å². The van der Waals surface area contributed by atoms with Crippen LogP contribution < -0.4 is 4.74 Å². The van der Waals surface area contributed by atoms with Crippen LogP contribution in [0, 0.1) is 17.8 Å². The molecular formula is C34H39NO4. The van der Waals surface area contributed by atoms with Crippen molar-refractivity contribution in [3.63, 3.8) is 0 Å². The number of fused-ring (bicyclic) bond motifs is 1. The lowest BCUT2D eigenvalue weighted by Gasteiger charge is -2.57. The maximum atomic E-state index is 11.9. The lowest BCUT2D eigenvalue weighted by atomic mass is 9.48. The highest BCUT2D eigenvalue weighted by Gasteiger charge is 2.52. The molecule has 4 bridgehead atoms. The van der Waals surface area contributed by atoms with Crippen molar-refractivity contribution in [2.24, 2.45) is 17.8 Å². The second-order valence-corrected chi connectivity index (χ2v) is 12.5. The summed E-state index contributed by atoms with van der Waals surface area (Å²) in [5, 5.41) is 2.48. The zero-order valence-corrected chi connectivity index (χ0v) is 23.2. The molecule has 39 heavy (non-hydrogen) atoms. The molecule has 4 saturated carbocycles. The quantitative estimate of drug-likeness (QED) is 0.331. The fourth-order valence-corrected chi connectivity index (χ4v) is 8.52. The van der Waals surface area contributed by atoms with E-state index in [1.54, 1.807) is 0 Å². The van der Waals surface area contributed by atoms with Crippen LogP contribution >= 0.6 is 0 Å². The van der Waals surface area contributed by atoms with Gasteiger partial charge in [-0.1, -0.05) is 24.3 Å². The first-order valence-corrected chi connectivity index (χ1v) is 14.8. The fraction of sp³-hybridized carbons (Fsp3) is 0.500. The number of hydrogen-bond acceptors (Lipinski definition) is 5. The SMILES string of the molecule is COC(=O)c1ccc(-c2ccc3cc(OC(C)N4CCOCC4)c(C45CC6CC(CC(C6)C4)C5)cc3c2)cc1. The van der Waals surface area contributed by atoms with Gasteiger partial charge in [-0.05, 0) is 121 Å². The molecule has 3 aromatic rings. The molecule has 0 spiro atoms. The van der Waals surface area contributed by atoms with Crippen LogP contribution in [-0.2, 0) is 14.9 Å². The molecule has 3 aromatic carbocycles. The van der Waals surface area contributed by atoms with Crippen molar-refractivity contribution in [1.29, 1.82) is 0 Å². The van der Waals surface area contributed by atoms with Crippen LogP contribution in [-0.4, -0.2) is 50.5 Å². The number of carbonyl (C=O) groups is 1. The van der Waals surface area contributed by atoms with Crippen molar-refractivity contribution in [2.75, 3.05) is 33.4 Å². The lowest BCUT2D eigenvalue weighted by Crippen LogP contribution is -2.49. The second kappa shape index (κ2) is 9.94. The van der Waals surface area contributed by atoms with Crippen molar-refractivity contribution >= 4 is 16.7 Å². The van der Waals surface area contributed by atoms with Crippen LogP contribution in [0.2, 0.25) is 0 Å². The Morgan fingerprint density at radius 1 is 0.872 bits per heavy atom. The highest BCUT2D eigenvalue weighted by molar-refractivity contribution is 5.92. The number of carbonyl (C=O) groups excluding carboxylic acids is 1. The first kappa shape index (κ1) is 25.1. The van der Waals surface area contributed by atoms with E-state index < -0.39 is 0 Å². The number of rotatable bonds is 6. The van der Waals surface area contributed by atoms with Gasteiger partial charge in [-0.15, -0.1) is 0 Å². The first-order valence-electron chi connectivity index (χ1n) is 14.8. The Kier molecular flexibility index (Phi) is 6.40. The predicted molar refractivity (Wildman–Crippen MR) is 153 cm³/mol. The molecule has 4 aliphatic carbocycles. The summed E-state index contributed by atoms with van der Waals surface area (Å²) in [5.41, 5.74) is 4.50. The third-order valence-corrected chi connectivity index (χ3v) is 10.0. The third kappa shape index (κ3) is 4.64. The molecule has 1 atom stereocenters. The zero-order chi connectivity index (χ0) is 26.6. The van der Waals surface area contributed by atoms with Crippen LogP contribution in [0.3, 0.4) is 0 Å². The summed E-state index contributed by atoms with van der Waals surface area (Å²) in [4.78, 5) is 14.3. The summed E-state index contributed by atoms with van der Waals surface area (Å²) in [7, 11) is 1.42. The zero-order valence-electron chi connectivity index (χ0n) is 23.2. The molecule has 1 saturated heterocycles. The van der Waals surface area contributed by atoms with E-state index in [0.29, 0.717) is 5.56 Å². The standard InChI is InChI=1S/C34H39NO4/c1-22(35-9-11-38-12-10-35)39-32-18-29-8-7-28(26-3-5-27(6-4-26)33(36)37-2)16-30(29)17-31(32)34-19-23-13-24(20-34)15-25(14-23)21-34/h3-8,16-18,22-25H,9-15,19-21H2,1-2H3. The van der Waals surface area contributed by atoms with Gasteiger partial charge in [-0.25, -0.2) is 4.79 Å². The van der Waals surface area contributed by atoms with E-state index in [-0.39, 0.29) is 17.6 Å². The van der Waals surface area contributed by atoms with Crippen LogP contribution in [0.25, 0.3) is 21.9 Å². The van der Waals surface area contributed by atoms with Crippen LogP contribution in [0.15, 0.2) is 54.6 Å². The minimum atomic E-state index is -0.306. The normalized spacial score (nSPS) is 28.9. The molecule has 1 heterocycles. The van der Waals surface area contributed by atoms with Crippen molar-refractivity contribution in [3.05, 3.63) is 65.7 Å². The van der Waals surface area contributed by atoms with Crippen LogP contribution in [0.4, 0.5) is 0 Å². The van der Waals surface area contributed by atoms with E-state index in [4.69, 9.17) is 14.2 Å². The highest BCUT2D eigenvalue weighted by atomic mass is 16.5. The molecule has 5 fully saturated rings. The van der Waals surface area contributed by atoms with E-state index in [0.717, 1.165) is 60.9 Å². The minimum absolute atomic E-state index is 0.0200. The largest absolute Gasteiger partial charge is 0.475 e. The maximum absolute atomic E-state index is 11.9. The van der Waals surface area contributed by atoms with Gasteiger partial charge < -0.3 is 14.2 Å². The van der Waals surface area contributed by atoms with Gasteiger partial charge in [0, 0.05) is 18.7 Å². The average Bonchev–Trinajstić information content (AvgIpc) is 2.96. The van der Waals surface area contributed by atoms with Gasteiger partial charge in [-0.3, -0.25) is 4.90 Å². The van der Waals surface area contributed by atoms with Gasteiger partial charge in [0.15, 0.2) is 0 Å². The van der Waals surface area contributed by atoms with Gasteiger partial charge in [-0.2, -0.15) is 0 Å². The Labute approximate surface area is 231 Å². The number of esters is 1. The molecule has 8 rings (SSSR count). The molecule has 5 aliphatic rings. The smallest absolute Gasteiger partial charge is 0.337 e. The van der Waals surface area contributed by atoms with E-state index >= 15 is 0 Å². The number of hydrogen-bond donors (Lipinski definition) is 0. The van der Waals surface area contributed by atoms with Gasteiger partial charge in [0.2, 0.25) is 0 Å². The summed E-state index contributed by atoms with van der Waals surface area (Å²) in [6.45, 7) is 5.58. The molecule has 0 N–H and O–H groups in total. The molecule has 5 heteroatoms. The molecular weight excluding hydrogens is 486 g/mol. The van der Waals surface area contributed by atoms with Crippen molar-refractivity contribution in [2.45, 2.75) is 57.1 Å². The Hall–Kier alpha value is -2.89. The summed E-state index contributed by atoms with van der Waals surface area (Å²) >= 11 is 0.